The molecule has 4 rings (SSSR count). The number of aromatic amines is 1. The lowest BCUT2D eigenvalue weighted by molar-refractivity contribution is 0.273. The highest BCUT2D eigenvalue weighted by atomic mass is 16.3. The van der Waals surface area contributed by atoms with Gasteiger partial charge in [0.05, 0.1) is 25.0 Å². The zero-order valence-electron chi connectivity index (χ0n) is 13.5. The van der Waals surface area contributed by atoms with Crippen molar-refractivity contribution in [3.63, 3.8) is 0 Å². The van der Waals surface area contributed by atoms with Crippen LogP contribution in [0, 0.1) is 0 Å². The lowest BCUT2D eigenvalue weighted by atomic mass is 10.1. The number of rotatable bonds is 6. The maximum atomic E-state index is 9.77. The molecule has 0 bridgehead atoms. The first-order valence-corrected chi connectivity index (χ1v) is 8.08. The Hall–Kier alpha value is -3.19. The van der Waals surface area contributed by atoms with E-state index in [2.05, 4.69) is 31.4 Å². The molecule has 3 N–H and O–H groups in total. The van der Waals surface area contributed by atoms with Crippen LogP contribution in [0.15, 0.2) is 61.3 Å². The van der Waals surface area contributed by atoms with Gasteiger partial charge in [0.2, 0.25) is 0 Å². The molecule has 0 aliphatic carbocycles. The van der Waals surface area contributed by atoms with E-state index in [9.17, 15) is 5.11 Å². The fourth-order valence-corrected chi connectivity index (χ4v) is 2.88. The van der Waals surface area contributed by atoms with E-state index < -0.39 is 0 Å². The quantitative estimate of drug-likeness (QED) is 0.502. The minimum Gasteiger partial charge on any atom is -0.394 e. The molecule has 0 saturated carbocycles. The second-order valence-electron chi connectivity index (χ2n) is 5.80. The molecule has 126 valence electrons. The van der Waals surface area contributed by atoms with E-state index in [1.54, 1.807) is 23.3 Å². The van der Waals surface area contributed by atoms with Crippen LogP contribution in [0.2, 0.25) is 0 Å². The van der Waals surface area contributed by atoms with Gasteiger partial charge >= 0.3 is 0 Å². The van der Waals surface area contributed by atoms with E-state index in [0.29, 0.717) is 18.1 Å². The predicted molar refractivity (Wildman–Crippen MR) is 95.7 cm³/mol. The third kappa shape index (κ3) is 3.22. The van der Waals surface area contributed by atoms with Gasteiger partial charge in [-0.2, -0.15) is 5.10 Å². The van der Waals surface area contributed by atoms with E-state index in [1.807, 2.05) is 36.7 Å². The molecule has 1 atom stereocenters. The highest BCUT2D eigenvalue weighted by molar-refractivity contribution is 5.83. The molecule has 3 heterocycles. The highest BCUT2D eigenvalue weighted by Gasteiger charge is 2.13. The summed E-state index contributed by atoms with van der Waals surface area (Å²) in [6.45, 7) is -0.00676. The zero-order chi connectivity index (χ0) is 17.1. The molecule has 0 unspecified atom stereocenters. The maximum Gasteiger partial charge on any atom is 0.173 e. The van der Waals surface area contributed by atoms with Crippen molar-refractivity contribution < 1.29 is 5.11 Å². The predicted octanol–water partition coefficient (Wildman–Crippen LogP) is 2.16. The molecule has 7 nitrogen and oxygen atoms in total. The first-order chi connectivity index (χ1) is 12.3. The van der Waals surface area contributed by atoms with Crippen molar-refractivity contribution in [1.82, 2.24) is 24.7 Å². The zero-order valence-corrected chi connectivity index (χ0v) is 13.5. The average molecular weight is 334 g/mol. The summed E-state index contributed by atoms with van der Waals surface area (Å²) in [5.74, 6) is 1.23. The SMILES string of the molecule is OC[C@H](Cc1c[nH]c2ccccc12)Nc1cncc(-n2cccn2)n1. The first kappa shape index (κ1) is 15.3. The topological polar surface area (TPSA) is 91.7 Å². The average Bonchev–Trinajstić information content (AvgIpc) is 3.32. The summed E-state index contributed by atoms with van der Waals surface area (Å²) in [6, 6.07) is 9.80. The second kappa shape index (κ2) is 6.74. The molecule has 7 heteroatoms. The standard InChI is InChI=1S/C18H18N6O/c25-12-14(8-13-9-20-16-5-2-1-4-15(13)16)22-17-10-19-11-18(23-17)24-7-3-6-21-24/h1-7,9-11,14,20,25H,8,12H2,(H,22,23)/t14-/m0/s1. The summed E-state index contributed by atoms with van der Waals surface area (Å²) >= 11 is 0. The molecule has 3 aromatic heterocycles. The van der Waals surface area contributed by atoms with E-state index >= 15 is 0 Å². The van der Waals surface area contributed by atoms with Gasteiger partial charge < -0.3 is 15.4 Å². The lowest BCUT2D eigenvalue weighted by Crippen LogP contribution is -2.27. The number of nitrogens with zero attached hydrogens (tertiary/aromatic N) is 4. The van der Waals surface area contributed by atoms with Crippen LogP contribution in [0.5, 0.6) is 0 Å². The second-order valence-corrected chi connectivity index (χ2v) is 5.80. The molecule has 25 heavy (non-hydrogen) atoms. The minimum absolute atomic E-state index is 0.00676. The van der Waals surface area contributed by atoms with Crippen LogP contribution in [-0.2, 0) is 6.42 Å². The van der Waals surface area contributed by atoms with Crippen LogP contribution < -0.4 is 5.32 Å². The smallest absolute Gasteiger partial charge is 0.173 e. The Kier molecular flexibility index (Phi) is 4.14. The molecule has 0 spiro atoms. The number of anilines is 1. The van der Waals surface area contributed by atoms with Crippen LogP contribution in [0.4, 0.5) is 5.82 Å². The molecule has 0 amide bonds. The van der Waals surface area contributed by atoms with Crippen LogP contribution in [0.25, 0.3) is 16.7 Å². The van der Waals surface area contributed by atoms with Gasteiger partial charge in [-0.05, 0) is 24.1 Å². The number of H-pyrrole nitrogens is 1. The van der Waals surface area contributed by atoms with Crippen molar-refractivity contribution in [3.8, 4) is 5.82 Å². The van der Waals surface area contributed by atoms with Crippen molar-refractivity contribution in [2.24, 2.45) is 0 Å². The van der Waals surface area contributed by atoms with Gasteiger partial charge in [0, 0.05) is 29.5 Å². The number of para-hydroxylation sites is 1. The first-order valence-electron chi connectivity index (χ1n) is 8.08. The number of aliphatic hydroxyl groups excluding tert-OH is 1. The van der Waals surface area contributed by atoms with Crippen LogP contribution in [0.3, 0.4) is 0 Å². The third-order valence-electron chi connectivity index (χ3n) is 4.07. The molecular formula is C18H18N6O. The van der Waals surface area contributed by atoms with E-state index in [0.717, 1.165) is 11.1 Å². The molecule has 0 aliphatic heterocycles. The van der Waals surface area contributed by atoms with Gasteiger partial charge in [0.25, 0.3) is 0 Å². The number of aromatic nitrogens is 5. The summed E-state index contributed by atoms with van der Waals surface area (Å²) in [7, 11) is 0. The van der Waals surface area contributed by atoms with Crippen molar-refractivity contribution >= 4 is 16.7 Å². The van der Waals surface area contributed by atoms with Crippen LogP contribution >= 0.6 is 0 Å². The summed E-state index contributed by atoms with van der Waals surface area (Å²) in [5, 5.41) is 18.3. The van der Waals surface area contributed by atoms with Crippen molar-refractivity contribution in [2.75, 3.05) is 11.9 Å². The van der Waals surface area contributed by atoms with Gasteiger partial charge in [-0.3, -0.25) is 4.98 Å². The van der Waals surface area contributed by atoms with Gasteiger partial charge in [0.15, 0.2) is 5.82 Å². The Morgan fingerprint density at radius 1 is 1.20 bits per heavy atom. The normalized spacial score (nSPS) is 12.4. The number of hydrogen-bond acceptors (Lipinski definition) is 5. The molecule has 0 aliphatic rings. The third-order valence-corrected chi connectivity index (χ3v) is 4.07. The number of nitrogens with one attached hydrogen (secondary N) is 2. The van der Waals surface area contributed by atoms with Crippen LogP contribution in [0.1, 0.15) is 5.56 Å². The highest BCUT2D eigenvalue weighted by Crippen LogP contribution is 2.20. The summed E-state index contributed by atoms with van der Waals surface area (Å²) in [5.41, 5.74) is 2.24. The fraction of sp³-hybridized carbons (Fsp3) is 0.167. The summed E-state index contributed by atoms with van der Waals surface area (Å²) < 4.78 is 1.64. The number of benzene rings is 1. The Morgan fingerprint density at radius 2 is 2.12 bits per heavy atom. The maximum absolute atomic E-state index is 9.77. The fourth-order valence-electron chi connectivity index (χ4n) is 2.88. The van der Waals surface area contributed by atoms with Crippen molar-refractivity contribution in [2.45, 2.75) is 12.5 Å². The number of fused-ring (bicyclic) bond motifs is 1. The Bertz CT molecular complexity index is 963. The number of aliphatic hydroxyl groups is 1. The van der Waals surface area contributed by atoms with Crippen LogP contribution in [-0.4, -0.2) is 42.5 Å². The molecule has 1 aromatic carbocycles. The van der Waals surface area contributed by atoms with Crippen molar-refractivity contribution in [1.29, 1.82) is 0 Å². The van der Waals surface area contributed by atoms with E-state index in [1.165, 1.54) is 5.39 Å². The van der Waals surface area contributed by atoms with Gasteiger partial charge in [-0.15, -0.1) is 0 Å². The lowest BCUT2D eigenvalue weighted by Gasteiger charge is -2.16. The van der Waals surface area contributed by atoms with E-state index in [-0.39, 0.29) is 12.6 Å². The van der Waals surface area contributed by atoms with E-state index in [4.69, 9.17) is 0 Å². The molecular weight excluding hydrogens is 316 g/mol. The largest absolute Gasteiger partial charge is 0.394 e. The van der Waals surface area contributed by atoms with Gasteiger partial charge in [0.1, 0.15) is 5.82 Å². The molecule has 0 saturated heterocycles. The van der Waals surface area contributed by atoms with Crippen molar-refractivity contribution in [3.05, 3.63) is 66.9 Å². The Morgan fingerprint density at radius 3 is 2.96 bits per heavy atom. The monoisotopic (exact) mass is 334 g/mol. The van der Waals surface area contributed by atoms with Gasteiger partial charge in [-0.25, -0.2) is 9.67 Å². The Labute approximate surface area is 144 Å². The summed E-state index contributed by atoms with van der Waals surface area (Å²) in [4.78, 5) is 12.0. The Balaban J connectivity index is 1.53. The molecule has 0 fully saturated rings. The minimum atomic E-state index is -0.165. The molecule has 4 aromatic rings. The number of hydrogen-bond donors (Lipinski definition) is 3. The van der Waals surface area contributed by atoms with Gasteiger partial charge in [-0.1, -0.05) is 18.2 Å². The molecule has 0 radical (unpaired) electrons. The summed E-state index contributed by atoms with van der Waals surface area (Å²) in [6.07, 6.45) is 9.45.